The van der Waals surface area contributed by atoms with Gasteiger partial charge in [0.25, 0.3) is 6.08 Å². The van der Waals surface area contributed by atoms with Crippen LogP contribution in [0.15, 0.2) is 57.7 Å². The molecule has 0 spiro atoms. The van der Waals surface area contributed by atoms with Crippen LogP contribution >= 0.6 is 11.3 Å². The van der Waals surface area contributed by atoms with Gasteiger partial charge < -0.3 is 5.73 Å². The van der Waals surface area contributed by atoms with Gasteiger partial charge in [-0.2, -0.15) is 13.9 Å². The summed E-state index contributed by atoms with van der Waals surface area (Å²) in [6.07, 6.45) is -0.749. The molecule has 0 aliphatic rings. The van der Waals surface area contributed by atoms with Crippen LogP contribution in [0.3, 0.4) is 0 Å². The highest BCUT2D eigenvalue weighted by molar-refractivity contribution is 7.90. The van der Waals surface area contributed by atoms with Crippen molar-refractivity contribution in [2.75, 3.05) is 12.8 Å². The number of benzene rings is 1. The maximum Gasteiger partial charge on any atom is 0.346 e. The summed E-state index contributed by atoms with van der Waals surface area (Å²) in [6.45, 7) is 1.17. The number of sulfone groups is 1. The van der Waals surface area contributed by atoms with E-state index in [9.17, 15) is 22.0 Å². The third-order valence-electron chi connectivity index (χ3n) is 4.50. The van der Waals surface area contributed by atoms with Gasteiger partial charge in [0.1, 0.15) is 5.82 Å². The van der Waals surface area contributed by atoms with Crippen molar-refractivity contribution in [1.29, 1.82) is 0 Å². The molecular weight excluding hydrogens is 434 g/mol. The zero-order valence-corrected chi connectivity index (χ0v) is 17.9. The average molecular weight is 455 g/mol. The molecule has 3 aromatic rings. The standard InChI is InChI=1S/C19H20F2N4O3S2/c1-12-23-25(10-14(9-22)18(20)21)19(26)24(12)11-15-5-8-17(29-15)13-3-6-16(7-4-13)30(2,27)28/h3-8H,9-11,22H2,1-2H3. The van der Waals surface area contributed by atoms with Gasteiger partial charge in [-0.15, -0.1) is 11.3 Å². The molecule has 0 saturated heterocycles. The monoisotopic (exact) mass is 454 g/mol. The number of halogens is 2. The minimum Gasteiger partial charge on any atom is -0.327 e. The number of hydrogen-bond donors (Lipinski definition) is 1. The first kappa shape index (κ1) is 22.1. The van der Waals surface area contributed by atoms with E-state index in [4.69, 9.17) is 5.73 Å². The molecule has 11 heteroatoms. The quantitative estimate of drug-likeness (QED) is 0.592. The molecule has 2 aromatic heterocycles. The van der Waals surface area contributed by atoms with Crippen LogP contribution in [0.2, 0.25) is 0 Å². The molecule has 0 atom stereocenters. The molecule has 0 unspecified atom stereocenters. The molecule has 0 fully saturated rings. The first-order chi connectivity index (χ1) is 14.1. The summed E-state index contributed by atoms with van der Waals surface area (Å²) in [5.41, 5.74) is 5.34. The Hall–Kier alpha value is -2.63. The Kier molecular flexibility index (Phi) is 6.34. The lowest BCUT2D eigenvalue weighted by Gasteiger charge is -2.02. The summed E-state index contributed by atoms with van der Waals surface area (Å²) in [5, 5.41) is 4.07. The summed E-state index contributed by atoms with van der Waals surface area (Å²) in [7, 11) is -3.26. The van der Waals surface area contributed by atoms with E-state index >= 15 is 0 Å². The summed E-state index contributed by atoms with van der Waals surface area (Å²) in [4.78, 5) is 14.6. The van der Waals surface area contributed by atoms with E-state index in [1.54, 1.807) is 31.2 Å². The molecule has 160 valence electrons. The molecule has 30 heavy (non-hydrogen) atoms. The Morgan fingerprint density at radius 1 is 1.17 bits per heavy atom. The molecule has 0 aliphatic carbocycles. The molecule has 0 saturated carbocycles. The third kappa shape index (κ3) is 4.74. The van der Waals surface area contributed by atoms with Gasteiger partial charge in [-0.1, -0.05) is 12.1 Å². The van der Waals surface area contributed by atoms with Crippen molar-refractivity contribution in [3.8, 4) is 10.4 Å². The predicted molar refractivity (Wildman–Crippen MR) is 111 cm³/mol. The van der Waals surface area contributed by atoms with Gasteiger partial charge in [0.05, 0.1) is 18.0 Å². The van der Waals surface area contributed by atoms with Crippen LogP contribution in [0.4, 0.5) is 8.78 Å². The van der Waals surface area contributed by atoms with E-state index in [0.29, 0.717) is 5.82 Å². The van der Waals surface area contributed by atoms with Crippen LogP contribution in [0, 0.1) is 6.92 Å². The van der Waals surface area contributed by atoms with Crippen molar-refractivity contribution >= 4 is 21.2 Å². The topological polar surface area (TPSA) is 100.0 Å². The molecular formula is C19H20F2N4O3S2. The van der Waals surface area contributed by atoms with Crippen molar-refractivity contribution in [2.24, 2.45) is 5.73 Å². The summed E-state index contributed by atoms with van der Waals surface area (Å²) < 4.78 is 51.3. The first-order valence-corrected chi connectivity index (χ1v) is 11.6. The number of rotatable bonds is 7. The fourth-order valence-electron chi connectivity index (χ4n) is 2.86. The van der Waals surface area contributed by atoms with E-state index in [1.807, 2.05) is 12.1 Å². The Morgan fingerprint density at radius 3 is 2.40 bits per heavy atom. The Balaban J connectivity index is 1.83. The number of aromatic nitrogens is 3. The van der Waals surface area contributed by atoms with Crippen molar-refractivity contribution in [1.82, 2.24) is 14.3 Å². The van der Waals surface area contributed by atoms with Crippen LogP contribution in [-0.4, -0.2) is 35.6 Å². The van der Waals surface area contributed by atoms with Gasteiger partial charge in [0.15, 0.2) is 9.84 Å². The van der Waals surface area contributed by atoms with Crippen molar-refractivity contribution in [2.45, 2.75) is 24.9 Å². The average Bonchev–Trinajstić information content (AvgIpc) is 3.25. The maximum atomic E-state index is 12.8. The third-order valence-corrected chi connectivity index (χ3v) is 6.75. The van der Waals surface area contributed by atoms with E-state index in [0.717, 1.165) is 26.3 Å². The van der Waals surface area contributed by atoms with Gasteiger partial charge in [0.2, 0.25) is 0 Å². The van der Waals surface area contributed by atoms with Gasteiger partial charge in [-0.05, 0) is 36.8 Å². The van der Waals surface area contributed by atoms with Crippen LogP contribution in [0.1, 0.15) is 10.7 Å². The van der Waals surface area contributed by atoms with Crippen LogP contribution in [-0.2, 0) is 22.9 Å². The molecule has 3 rings (SSSR count). The minimum absolute atomic E-state index is 0.244. The second-order valence-electron chi connectivity index (χ2n) is 6.70. The van der Waals surface area contributed by atoms with Gasteiger partial charge in [-0.25, -0.2) is 17.9 Å². The smallest absolute Gasteiger partial charge is 0.327 e. The van der Waals surface area contributed by atoms with Crippen LogP contribution in [0.25, 0.3) is 10.4 Å². The number of hydrogen-bond acceptors (Lipinski definition) is 6. The van der Waals surface area contributed by atoms with E-state index < -0.39 is 21.6 Å². The number of aryl methyl sites for hydroxylation is 1. The SMILES string of the molecule is Cc1nn(CC(CN)=C(F)F)c(=O)n1Cc1ccc(-c2ccc(S(C)(=O)=O)cc2)s1. The summed E-state index contributed by atoms with van der Waals surface area (Å²) >= 11 is 1.45. The highest BCUT2D eigenvalue weighted by Crippen LogP contribution is 2.29. The van der Waals surface area contributed by atoms with Gasteiger partial charge in [-0.3, -0.25) is 4.57 Å². The van der Waals surface area contributed by atoms with Crippen LogP contribution < -0.4 is 11.4 Å². The van der Waals surface area contributed by atoms with E-state index in [-0.39, 0.29) is 30.1 Å². The fraction of sp³-hybridized carbons (Fsp3) is 0.263. The van der Waals surface area contributed by atoms with Crippen molar-refractivity contribution < 1.29 is 17.2 Å². The normalized spacial score (nSPS) is 11.6. The van der Waals surface area contributed by atoms with Gasteiger partial charge >= 0.3 is 5.69 Å². The molecule has 0 radical (unpaired) electrons. The second kappa shape index (κ2) is 8.62. The lowest BCUT2D eigenvalue weighted by Crippen LogP contribution is -2.27. The molecule has 0 amide bonds. The lowest BCUT2D eigenvalue weighted by molar-refractivity contribution is 0.400. The van der Waals surface area contributed by atoms with Crippen molar-refractivity contribution in [3.63, 3.8) is 0 Å². The van der Waals surface area contributed by atoms with E-state index in [1.165, 1.54) is 15.9 Å². The molecule has 2 N–H and O–H groups in total. The van der Waals surface area contributed by atoms with Crippen molar-refractivity contribution in [3.05, 3.63) is 69.2 Å². The largest absolute Gasteiger partial charge is 0.346 e. The Labute approximate surface area is 176 Å². The zero-order chi connectivity index (χ0) is 22.1. The van der Waals surface area contributed by atoms with Gasteiger partial charge in [0, 0.05) is 28.1 Å². The molecule has 2 heterocycles. The number of nitrogens with zero attached hydrogens (tertiary/aromatic N) is 3. The molecule has 1 aromatic carbocycles. The first-order valence-electron chi connectivity index (χ1n) is 8.86. The molecule has 7 nitrogen and oxygen atoms in total. The van der Waals surface area contributed by atoms with Crippen LogP contribution in [0.5, 0.6) is 0 Å². The highest BCUT2D eigenvalue weighted by Gasteiger charge is 2.15. The second-order valence-corrected chi connectivity index (χ2v) is 9.89. The Morgan fingerprint density at radius 2 is 1.83 bits per heavy atom. The maximum absolute atomic E-state index is 12.8. The summed E-state index contributed by atoms with van der Waals surface area (Å²) in [6, 6.07) is 10.3. The number of nitrogens with two attached hydrogens (primary N) is 1. The number of thiophene rings is 1. The van der Waals surface area contributed by atoms with E-state index in [2.05, 4.69) is 5.10 Å². The fourth-order valence-corrected chi connectivity index (χ4v) is 4.49. The zero-order valence-electron chi connectivity index (χ0n) is 16.3. The Bertz CT molecular complexity index is 1250. The predicted octanol–water partition coefficient (Wildman–Crippen LogP) is 2.64. The molecule has 0 bridgehead atoms. The minimum atomic E-state index is -3.26. The molecule has 0 aliphatic heterocycles. The highest BCUT2D eigenvalue weighted by atomic mass is 32.2. The lowest BCUT2D eigenvalue weighted by atomic mass is 10.2. The summed E-state index contributed by atoms with van der Waals surface area (Å²) in [5.74, 6) is 0.406.